The topological polar surface area (TPSA) is 32.3 Å². The van der Waals surface area contributed by atoms with E-state index in [4.69, 9.17) is 0 Å². The zero-order valence-electron chi connectivity index (χ0n) is 11.7. The van der Waals surface area contributed by atoms with Crippen LogP contribution in [0.2, 0.25) is 0 Å². The minimum absolute atomic E-state index is 0.0135. The van der Waals surface area contributed by atoms with Gasteiger partial charge in [-0.05, 0) is 30.9 Å². The molecule has 0 fully saturated rings. The number of nitrogens with one attached hydrogen (secondary N) is 1. The van der Waals surface area contributed by atoms with Gasteiger partial charge >= 0.3 is 6.03 Å². The summed E-state index contributed by atoms with van der Waals surface area (Å²) in [6.07, 6.45) is 2.91. The fourth-order valence-electron chi connectivity index (χ4n) is 2.00. The molecule has 0 radical (unpaired) electrons. The van der Waals surface area contributed by atoms with Crippen LogP contribution in [0.3, 0.4) is 0 Å². The Morgan fingerprint density at radius 3 is 2.28 bits per heavy atom. The lowest BCUT2D eigenvalue weighted by Gasteiger charge is -2.22. The number of urea groups is 1. The van der Waals surface area contributed by atoms with Crippen LogP contribution in [0.4, 0.5) is 10.5 Å². The van der Waals surface area contributed by atoms with Gasteiger partial charge in [0.25, 0.3) is 0 Å². The smallest absolute Gasteiger partial charge is 0.321 e. The van der Waals surface area contributed by atoms with Crippen molar-refractivity contribution in [1.82, 2.24) is 4.90 Å². The first kappa shape index (κ1) is 14.6. The summed E-state index contributed by atoms with van der Waals surface area (Å²) >= 11 is 0. The van der Waals surface area contributed by atoms with E-state index in [1.807, 2.05) is 23.1 Å². The van der Waals surface area contributed by atoms with Crippen molar-refractivity contribution in [3.8, 4) is 0 Å². The molecule has 0 saturated heterocycles. The molecule has 0 aliphatic carbocycles. The van der Waals surface area contributed by atoms with Gasteiger partial charge in [-0.1, -0.05) is 39.0 Å². The third-order valence-corrected chi connectivity index (χ3v) is 2.91. The Hall–Kier alpha value is -1.51. The lowest BCUT2D eigenvalue weighted by molar-refractivity contribution is 0.211. The van der Waals surface area contributed by atoms with Crippen LogP contribution in [-0.4, -0.2) is 24.0 Å². The highest BCUT2D eigenvalue weighted by Crippen LogP contribution is 2.16. The summed E-state index contributed by atoms with van der Waals surface area (Å²) in [5.74, 6) is 0. The van der Waals surface area contributed by atoms with Crippen LogP contribution in [0, 0.1) is 0 Å². The zero-order valence-corrected chi connectivity index (χ0v) is 11.7. The number of hydrogen-bond donors (Lipinski definition) is 1. The Kier molecular flexibility index (Phi) is 6.26. The molecule has 0 atom stereocenters. The Morgan fingerprint density at radius 2 is 1.72 bits per heavy atom. The molecule has 1 rings (SSSR count). The first-order chi connectivity index (χ1) is 8.72. The highest BCUT2D eigenvalue weighted by Gasteiger charge is 2.12. The van der Waals surface area contributed by atoms with E-state index in [0.717, 1.165) is 38.0 Å². The largest absolute Gasteiger partial charge is 0.325 e. The molecule has 0 aliphatic rings. The first-order valence-electron chi connectivity index (χ1n) is 6.86. The molecule has 1 N–H and O–H groups in total. The molecular weight excluding hydrogens is 224 g/mol. The normalized spacial score (nSPS) is 10.2. The van der Waals surface area contributed by atoms with E-state index in [1.54, 1.807) is 0 Å². The van der Waals surface area contributed by atoms with Gasteiger partial charge in [-0.25, -0.2) is 4.79 Å². The maximum Gasteiger partial charge on any atom is 0.321 e. The van der Waals surface area contributed by atoms with Crippen LogP contribution in [0.25, 0.3) is 0 Å². The highest BCUT2D eigenvalue weighted by molar-refractivity contribution is 5.90. The fourth-order valence-corrected chi connectivity index (χ4v) is 2.00. The molecule has 3 nitrogen and oxygen atoms in total. The molecule has 18 heavy (non-hydrogen) atoms. The van der Waals surface area contributed by atoms with Gasteiger partial charge in [0.05, 0.1) is 0 Å². The molecule has 0 bridgehead atoms. The number of para-hydroxylation sites is 1. The predicted octanol–water partition coefficient (Wildman–Crippen LogP) is 3.90. The molecule has 0 aromatic heterocycles. The summed E-state index contributed by atoms with van der Waals surface area (Å²) in [5.41, 5.74) is 2.11. The molecular formula is C15H24N2O. The summed E-state index contributed by atoms with van der Waals surface area (Å²) < 4.78 is 0. The van der Waals surface area contributed by atoms with E-state index in [-0.39, 0.29) is 6.03 Å². The van der Waals surface area contributed by atoms with E-state index >= 15 is 0 Å². The molecule has 1 aromatic rings. The van der Waals surface area contributed by atoms with Crippen molar-refractivity contribution < 1.29 is 4.79 Å². The van der Waals surface area contributed by atoms with Crippen LogP contribution in [0.15, 0.2) is 24.3 Å². The zero-order chi connectivity index (χ0) is 13.4. The maximum atomic E-state index is 12.2. The molecule has 0 spiro atoms. The molecule has 0 saturated carbocycles. The van der Waals surface area contributed by atoms with Crippen molar-refractivity contribution in [2.45, 2.75) is 40.0 Å². The van der Waals surface area contributed by atoms with E-state index < -0.39 is 0 Å². The van der Waals surface area contributed by atoms with Crippen molar-refractivity contribution in [3.63, 3.8) is 0 Å². The summed E-state index contributed by atoms with van der Waals surface area (Å²) in [6, 6.07) is 8.00. The number of carbonyl (C=O) groups excluding carboxylic acids is 1. The Bertz CT molecular complexity index is 371. The number of hydrogen-bond acceptors (Lipinski definition) is 1. The second kappa shape index (κ2) is 7.75. The quantitative estimate of drug-likeness (QED) is 0.813. The van der Waals surface area contributed by atoms with Crippen LogP contribution in [0.5, 0.6) is 0 Å². The van der Waals surface area contributed by atoms with Crippen molar-refractivity contribution >= 4 is 11.7 Å². The molecule has 0 aliphatic heterocycles. The highest BCUT2D eigenvalue weighted by atomic mass is 16.2. The number of carbonyl (C=O) groups is 1. The van der Waals surface area contributed by atoms with Gasteiger partial charge in [0.15, 0.2) is 0 Å². The van der Waals surface area contributed by atoms with Crippen molar-refractivity contribution in [2.24, 2.45) is 0 Å². The third-order valence-electron chi connectivity index (χ3n) is 2.91. The van der Waals surface area contributed by atoms with Crippen LogP contribution >= 0.6 is 0 Å². The SMILES string of the molecule is CCCN(CCC)C(=O)Nc1ccccc1CC. The number of anilines is 1. The van der Waals surface area contributed by atoms with Crippen LogP contribution in [0.1, 0.15) is 39.2 Å². The van der Waals surface area contributed by atoms with Crippen molar-refractivity contribution in [1.29, 1.82) is 0 Å². The van der Waals surface area contributed by atoms with Crippen LogP contribution < -0.4 is 5.32 Å². The van der Waals surface area contributed by atoms with Gasteiger partial charge in [0.2, 0.25) is 0 Å². The number of aryl methyl sites for hydroxylation is 1. The number of amides is 2. The Balaban J connectivity index is 2.72. The van der Waals surface area contributed by atoms with Gasteiger partial charge in [-0.3, -0.25) is 0 Å². The van der Waals surface area contributed by atoms with Crippen molar-refractivity contribution in [3.05, 3.63) is 29.8 Å². The van der Waals surface area contributed by atoms with E-state index in [1.165, 1.54) is 5.56 Å². The molecule has 2 amide bonds. The number of rotatable bonds is 6. The van der Waals surface area contributed by atoms with E-state index in [9.17, 15) is 4.79 Å². The number of benzene rings is 1. The average Bonchev–Trinajstić information content (AvgIpc) is 2.39. The first-order valence-corrected chi connectivity index (χ1v) is 6.86. The standard InChI is InChI=1S/C15H24N2O/c1-4-11-17(12-5-2)15(18)16-14-10-8-7-9-13(14)6-3/h7-10H,4-6,11-12H2,1-3H3,(H,16,18). The predicted molar refractivity (Wildman–Crippen MR) is 77.0 cm³/mol. The number of nitrogens with zero attached hydrogens (tertiary/aromatic N) is 1. The fraction of sp³-hybridized carbons (Fsp3) is 0.533. The Morgan fingerprint density at radius 1 is 1.11 bits per heavy atom. The molecule has 1 aromatic carbocycles. The van der Waals surface area contributed by atoms with Gasteiger partial charge in [-0.15, -0.1) is 0 Å². The summed E-state index contributed by atoms with van der Waals surface area (Å²) in [5, 5.41) is 3.02. The maximum absolute atomic E-state index is 12.2. The molecule has 0 heterocycles. The van der Waals surface area contributed by atoms with Crippen LogP contribution in [-0.2, 0) is 6.42 Å². The van der Waals surface area contributed by atoms with Gasteiger partial charge < -0.3 is 10.2 Å². The van der Waals surface area contributed by atoms with Gasteiger partial charge in [-0.2, -0.15) is 0 Å². The second-order valence-electron chi connectivity index (χ2n) is 4.43. The third kappa shape index (κ3) is 4.06. The van der Waals surface area contributed by atoms with Crippen molar-refractivity contribution in [2.75, 3.05) is 18.4 Å². The van der Waals surface area contributed by atoms with Gasteiger partial charge in [0.1, 0.15) is 0 Å². The summed E-state index contributed by atoms with van der Waals surface area (Å²) in [4.78, 5) is 14.1. The summed E-state index contributed by atoms with van der Waals surface area (Å²) in [7, 11) is 0. The van der Waals surface area contributed by atoms with E-state index in [2.05, 4.69) is 32.2 Å². The molecule has 0 unspecified atom stereocenters. The monoisotopic (exact) mass is 248 g/mol. The summed E-state index contributed by atoms with van der Waals surface area (Å²) in [6.45, 7) is 7.91. The molecule has 3 heteroatoms. The second-order valence-corrected chi connectivity index (χ2v) is 4.43. The minimum atomic E-state index is 0.0135. The lowest BCUT2D eigenvalue weighted by Crippen LogP contribution is -2.36. The molecule has 100 valence electrons. The Labute approximate surface area is 110 Å². The van der Waals surface area contributed by atoms with Gasteiger partial charge in [0, 0.05) is 18.8 Å². The lowest BCUT2D eigenvalue weighted by atomic mass is 10.1. The average molecular weight is 248 g/mol. The minimum Gasteiger partial charge on any atom is -0.325 e. The van der Waals surface area contributed by atoms with E-state index in [0.29, 0.717) is 0 Å².